The van der Waals surface area contributed by atoms with Crippen LogP contribution in [0.2, 0.25) is 10.0 Å². The molecule has 2 aromatic heterocycles. The number of nitrogens with two attached hydrogens (primary N) is 1. The van der Waals surface area contributed by atoms with Crippen LogP contribution >= 0.6 is 23.2 Å². The number of halogens is 2. The standard InChI is InChI=1S/C25H28Cl2N6O3/c1-32(17-8-4-3-5-9-17)25-30-15-29-24-18(13-31-33(24)25)23(34)21-20(11-10-19(26)22(21)27)36-12-6-7-16(28)14-35-2/h3-5,8-11,13,15-16,23,34H,6-7,12,14,28H2,1-2H3/t16-,23?/m1/s1. The minimum atomic E-state index is -1.19. The van der Waals surface area contributed by atoms with Gasteiger partial charge in [-0.3, -0.25) is 0 Å². The van der Waals surface area contributed by atoms with Crippen LogP contribution in [0.1, 0.15) is 30.1 Å². The summed E-state index contributed by atoms with van der Waals surface area (Å²) in [7, 11) is 3.50. The largest absolute Gasteiger partial charge is 0.493 e. The van der Waals surface area contributed by atoms with Crippen molar-refractivity contribution in [1.82, 2.24) is 19.6 Å². The number of aromatic nitrogens is 4. The zero-order valence-electron chi connectivity index (χ0n) is 20.0. The van der Waals surface area contributed by atoms with Crippen LogP contribution in [-0.2, 0) is 4.74 Å². The molecule has 3 N–H and O–H groups in total. The van der Waals surface area contributed by atoms with E-state index in [2.05, 4.69) is 15.1 Å². The van der Waals surface area contributed by atoms with E-state index >= 15 is 0 Å². The summed E-state index contributed by atoms with van der Waals surface area (Å²) < 4.78 is 12.6. The monoisotopic (exact) mass is 530 g/mol. The fraction of sp³-hybridized carbons (Fsp3) is 0.320. The highest BCUT2D eigenvalue weighted by molar-refractivity contribution is 6.42. The van der Waals surface area contributed by atoms with Crippen LogP contribution < -0.4 is 15.4 Å². The minimum Gasteiger partial charge on any atom is -0.493 e. The Morgan fingerprint density at radius 1 is 1.14 bits per heavy atom. The fourth-order valence-electron chi connectivity index (χ4n) is 3.92. The lowest BCUT2D eigenvalue weighted by molar-refractivity contribution is 0.172. The number of methoxy groups -OCH3 is 1. The first-order valence-electron chi connectivity index (χ1n) is 11.4. The van der Waals surface area contributed by atoms with Gasteiger partial charge in [0.25, 0.3) is 0 Å². The normalized spacial score (nSPS) is 13.1. The summed E-state index contributed by atoms with van der Waals surface area (Å²) in [5.41, 5.74) is 8.13. The van der Waals surface area contributed by atoms with Gasteiger partial charge in [-0.1, -0.05) is 41.4 Å². The third kappa shape index (κ3) is 5.55. The molecule has 0 amide bonds. The van der Waals surface area contributed by atoms with Gasteiger partial charge < -0.3 is 25.2 Å². The molecule has 0 aliphatic carbocycles. The lowest BCUT2D eigenvalue weighted by atomic mass is 10.0. The van der Waals surface area contributed by atoms with Crippen molar-refractivity contribution in [2.24, 2.45) is 5.73 Å². The Hall–Kier alpha value is -2.95. The molecule has 0 fully saturated rings. The van der Waals surface area contributed by atoms with Gasteiger partial charge in [-0.25, -0.2) is 9.97 Å². The van der Waals surface area contributed by atoms with Crippen molar-refractivity contribution in [3.63, 3.8) is 0 Å². The first kappa shape index (κ1) is 26.1. The second kappa shape index (κ2) is 11.9. The van der Waals surface area contributed by atoms with Gasteiger partial charge in [-0.15, -0.1) is 0 Å². The molecule has 11 heteroatoms. The van der Waals surface area contributed by atoms with Crippen molar-refractivity contribution in [3.05, 3.63) is 76.2 Å². The predicted molar refractivity (Wildman–Crippen MR) is 140 cm³/mol. The number of fused-ring (bicyclic) bond motifs is 1. The second-order valence-corrected chi connectivity index (χ2v) is 9.07. The van der Waals surface area contributed by atoms with Gasteiger partial charge in [0.15, 0.2) is 5.65 Å². The zero-order valence-corrected chi connectivity index (χ0v) is 21.5. The highest BCUT2D eigenvalue weighted by Crippen LogP contribution is 2.41. The van der Waals surface area contributed by atoms with E-state index in [1.807, 2.05) is 42.3 Å². The molecule has 0 aliphatic heterocycles. The van der Waals surface area contributed by atoms with Crippen molar-refractivity contribution < 1.29 is 14.6 Å². The summed E-state index contributed by atoms with van der Waals surface area (Å²) in [4.78, 5) is 10.7. The second-order valence-electron chi connectivity index (χ2n) is 8.29. The Kier molecular flexibility index (Phi) is 8.60. The van der Waals surface area contributed by atoms with Crippen LogP contribution in [-0.4, -0.2) is 58.1 Å². The predicted octanol–water partition coefficient (Wildman–Crippen LogP) is 4.41. The third-order valence-corrected chi connectivity index (χ3v) is 6.59. The van der Waals surface area contributed by atoms with Crippen molar-refractivity contribution in [2.75, 3.05) is 32.3 Å². The molecule has 0 spiro atoms. The molecule has 4 rings (SSSR count). The van der Waals surface area contributed by atoms with Gasteiger partial charge in [-0.05, 0) is 37.1 Å². The van der Waals surface area contributed by atoms with Crippen LogP contribution in [0.15, 0.2) is 55.0 Å². The minimum absolute atomic E-state index is 0.0702. The maximum atomic E-state index is 11.4. The van der Waals surface area contributed by atoms with Gasteiger partial charge in [-0.2, -0.15) is 9.61 Å². The van der Waals surface area contributed by atoms with E-state index in [0.717, 1.165) is 12.1 Å². The van der Waals surface area contributed by atoms with Crippen molar-refractivity contribution >= 4 is 40.5 Å². The molecular weight excluding hydrogens is 503 g/mol. The van der Waals surface area contributed by atoms with E-state index in [4.69, 9.17) is 38.4 Å². The molecule has 1 unspecified atom stereocenters. The summed E-state index contributed by atoms with van der Waals surface area (Å²) in [5, 5.41) is 16.4. The summed E-state index contributed by atoms with van der Waals surface area (Å²) in [6, 6.07) is 13.0. The summed E-state index contributed by atoms with van der Waals surface area (Å²) >= 11 is 12.9. The molecule has 190 valence electrons. The van der Waals surface area contributed by atoms with Crippen LogP contribution in [0.3, 0.4) is 0 Å². The number of aliphatic hydroxyl groups is 1. The quantitative estimate of drug-likeness (QED) is 0.274. The molecule has 2 aromatic carbocycles. The Bertz CT molecular complexity index is 1300. The molecule has 0 saturated carbocycles. The van der Waals surface area contributed by atoms with E-state index in [9.17, 15) is 5.11 Å². The van der Waals surface area contributed by atoms with Crippen molar-refractivity contribution in [3.8, 4) is 5.75 Å². The Morgan fingerprint density at radius 3 is 2.67 bits per heavy atom. The Balaban J connectivity index is 1.63. The lowest BCUT2D eigenvalue weighted by Gasteiger charge is -2.19. The average molecular weight is 531 g/mol. The topological polar surface area (TPSA) is 111 Å². The van der Waals surface area contributed by atoms with Gasteiger partial charge in [0.1, 0.15) is 18.2 Å². The molecule has 0 aliphatic rings. The molecule has 9 nitrogen and oxygen atoms in total. The molecule has 0 bridgehead atoms. The lowest BCUT2D eigenvalue weighted by Crippen LogP contribution is -2.26. The number of rotatable bonds is 11. The van der Waals surface area contributed by atoms with E-state index < -0.39 is 6.10 Å². The van der Waals surface area contributed by atoms with E-state index in [1.165, 1.54) is 6.33 Å². The maximum Gasteiger partial charge on any atom is 0.234 e. The number of aliphatic hydroxyl groups excluding tert-OH is 1. The van der Waals surface area contributed by atoms with Crippen molar-refractivity contribution in [2.45, 2.75) is 25.0 Å². The highest BCUT2D eigenvalue weighted by Gasteiger charge is 2.26. The number of anilines is 2. The maximum absolute atomic E-state index is 11.4. The first-order chi connectivity index (χ1) is 17.4. The van der Waals surface area contributed by atoms with Crippen LogP contribution in [0.4, 0.5) is 11.6 Å². The summed E-state index contributed by atoms with van der Waals surface area (Å²) in [5.74, 6) is 0.956. The summed E-state index contributed by atoms with van der Waals surface area (Å²) in [6.45, 7) is 0.868. The number of hydrogen-bond donors (Lipinski definition) is 2. The number of ether oxygens (including phenoxy) is 2. The molecule has 36 heavy (non-hydrogen) atoms. The Morgan fingerprint density at radius 2 is 1.92 bits per heavy atom. The Labute approximate surface area is 219 Å². The van der Waals surface area contributed by atoms with Gasteiger partial charge >= 0.3 is 0 Å². The van der Waals surface area contributed by atoms with E-state index in [1.54, 1.807) is 30.0 Å². The smallest absolute Gasteiger partial charge is 0.234 e. The zero-order chi connectivity index (χ0) is 25.7. The van der Waals surface area contributed by atoms with E-state index in [-0.39, 0.29) is 11.1 Å². The van der Waals surface area contributed by atoms with E-state index in [0.29, 0.717) is 53.1 Å². The average Bonchev–Trinajstić information content (AvgIpc) is 3.33. The first-order valence-corrected chi connectivity index (χ1v) is 12.2. The fourth-order valence-corrected chi connectivity index (χ4v) is 4.34. The third-order valence-electron chi connectivity index (χ3n) is 5.78. The van der Waals surface area contributed by atoms with Crippen LogP contribution in [0.5, 0.6) is 5.75 Å². The highest BCUT2D eigenvalue weighted by atomic mass is 35.5. The number of para-hydroxylation sites is 1. The number of nitrogens with zero attached hydrogens (tertiary/aromatic N) is 5. The van der Waals surface area contributed by atoms with Gasteiger partial charge in [0, 0.05) is 31.5 Å². The molecular formula is C25H28Cl2N6O3. The molecule has 0 radical (unpaired) electrons. The SMILES string of the molecule is COC[C@H](N)CCCOc1ccc(Cl)c(Cl)c1C(O)c1cnn2c(N(C)c3ccccc3)ncnc12. The molecule has 2 atom stereocenters. The summed E-state index contributed by atoms with van der Waals surface area (Å²) in [6.07, 6.45) is 3.23. The van der Waals surface area contributed by atoms with Crippen LogP contribution in [0.25, 0.3) is 5.65 Å². The molecule has 2 heterocycles. The molecule has 0 saturated heterocycles. The van der Waals surface area contributed by atoms with Gasteiger partial charge in [0.05, 0.1) is 35.0 Å². The number of hydrogen-bond acceptors (Lipinski definition) is 8. The van der Waals surface area contributed by atoms with Gasteiger partial charge in [0.2, 0.25) is 5.95 Å². The number of benzene rings is 2. The van der Waals surface area contributed by atoms with Crippen molar-refractivity contribution in [1.29, 1.82) is 0 Å². The molecule has 4 aromatic rings. The van der Waals surface area contributed by atoms with Crippen LogP contribution in [0, 0.1) is 0 Å².